The lowest BCUT2D eigenvalue weighted by molar-refractivity contribution is 0.0601. The molecule has 1 heterocycles. The Labute approximate surface area is 122 Å². The van der Waals surface area contributed by atoms with Gasteiger partial charge in [-0.15, -0.1) is 11.3 Å². The fraction of sp³-hybridized carbons (Fsp3) is 0.267. The summed E-state index contributed by atoms with van der Waals surface area (Å²) in [7, 11) is 1.36. The van der Waals surface area contributed by atoms with E-state index in [9.17, 15) is 4.79 Å². The number of nitrogen functional groups attached to an aromatic ring is 1. The van der Waals surface area contributed by atoms with Crippen LogP contribution in [-0.4, -0.2) is 13.1 Å². The second-order valence-electron chi connectivity index (χ2n) is 4.41. The Morgan fingerprint density at radius 1 is 1.45 bits per heavy atom. The maximum atomic E-state index is 11.4. The maximum Gasteiger partial charge on any atom is 0.337 e. The number of methoxy groups -OCH3 is 1. The van der Waals surface area contributed by atoms with E-state index in [1.165, 1.54) is 12.0 Å². The molecular formula is C15H18N2O2S. The van der Waals surface area contributed by atoms with Gasteiger partial charge in [0.25, 0.3) is 0 Å². The number of esters is 1. The molecule has 1 aromatic heterocycles. The molecule has 2 rings (SSSR count). The molecule has 1 aromatic carbocycles. The highest BCUT2D eigenvalue weighted by atomic mass is 32.1. The van der Waals surface area contributed by atoms with Crippen molar-refractivity contribution in [2.45, 2.75) is 19.4 Å². The van der Waals surface area contributed by atoms with Gasteiger partial charge < -0.3 is 15.8 Å². The molecule has 0 saturated carbocycles. The van der Waals surface area contributed by atoms with Crippen LogP contribution in [0.4, 0.5) is 11.4 Å². The highest BCUT2D eigenvalue weighted by molar-refractivity contribution is 7.10. The third kappa shape index (κ3) is 3.11. The minimum Gasteiger partial charge on any atom is -0.465 e. The number of ether oxygens (including phenoxy) is 1. The summed E-state index contributed by atoms with van der Waals surface area (Å²) in [5, 5.41) is 5.48. The Morgan fingerprint density at radius 3 is 2.80 bits per heavy atom. The monoisotopic (exact) mass is 290 g/mol. The van der Waals surface area contributed by atoms with E-state index in [2.05, 4.69) is 28.4 Å². The zero-order chi connectivity index (χ0) is 14.5. The van der Waals surface area contributed by atoms with E-state index < -0.39 is 0 Å². The summed E-state index contributed by atoms with van der Waals surface area (Å²) in [6.07, 6.45) is 0.957. The molecule has 0 fully saturated rings. The largest absolute Gasteiger partial charge is 0.465 e. The molecule has 106 valence electrons. The summed E-state index contributed by atoms with van der Waals surface area (Å²) in [5.74, 6) is -0.381. The standard InChI is InChI=1S/C15H18N2O2S/c1-3-12(14-5-4-8-20-14)17-13-7-6-10(9-11(13)16)15(18)19-2/h4-9,12,17H,3,16H2,1-2H3. The summed E-state index contributed by atoms with van der Waals surface area (Å²) < 4.78 is 4.68. The minimum absolute atomic E-state index is 0.223. The van der Waals surface area contributed by atoms with Gasteiger partial charge in [-0.2, -0.15) is 0 Å². The Hall–Kier alpha value is -2.01. The maximum absolute atomic E-state index is 11.4. The third-order valence-electron chi connectivity index (χ3n) is 3.10. The molecule has 1 unspecified atom stereocenters. The average molecular weight is 290 g/mol. The van der Waals surface area contributed by atoms with Crippen molar-refractivity contribution in [1.82, 2.24) is 0 Å². The minimum atomic E-state index is -0.381. The zero-order valence-corrected chi connectivity index (χ0v) is 12.4. The lowest BCUT2D eigenvalue weighted by Gasteiger charge is -2.18. The van der Waals surface area contributed by atoms with Crippen LogP contribution in [0.15, 0.2) is 35.7 Å². The molecule has 0 bridgehead atoms. The lowest BCUT2D eigenvalue weighted by Crippen LogP contribution is -2.10. The molecule has 1 atom stereocenters. The van der Waals surface area contributed by atoms with E-state index in [0.717, 1.165) is 12.1 Å². The van der Waals surface area contributed by atoms with Crippen molar-refractivity contribution in [3.05, 3.63) is 46.2 Å². The van der Waals surface area contributed by atoms with Crippen molar-refractivity contribution in [1.29, 1.82) is 0 Å². The molecule has 2 aromatic rings. The Kier molecular flexibility index (Phi) is 4.63. The average Bonchev–Trinajstić information content (AvgIpc) is 2.99. The number of rotatable bonds is 5. The second-order valence-corrected chi connectivity index (χ2v) is 5.39. The molecule has 0 aliphatic carbocycles. The van der Waals surface area contributed by atoms with Gasteiger partial charge in [-0.1, -0.05) is 13.0 Å². The van der Waals surface area contributed by atoms with E-state index in [1.807, 2.05) is 12.1 Å². The van der Waals surface area contributed by atoms with E-state index in [0.29, 0.717) is 11.3 Å². The van der Waals surface area contributed by atoms with Crippen LogP contribution in [0.5, 0.6) is 0 Å². The molecule has 0 aliphatic rings. The van der Waals surface area contributed by atoms with Crippen LogP contribution in [0.25, 0.3) is 0 Å². The van der Waals surface area contributed by atoms with Crippen LogP contribution in [-0.2, 0) is 4.74 Å². The van der Waals surface area contributed by atoms with Gasteiger partial charge in [0.1, 0.15) is 0 Å². The molecule has 0 spiro atoms. The molecular weight excluding hydrogens is 272 g/mol. The number of benzene rings is 1. The van der Waals surface area contributed by atoms with Crippen molar-refractivity contribution < 1.29 is 9.53 Å². The van der Waals surface area contributed by atoms with Crippen molar-refractivity contribution >= 4 is 28.7 Å². The first kappa shape index (κ1) is 14.4. The number of thiophene rings is 1. The Bertz CT molecular complexity index is 582. The summed E-state index contributed by atoms with van der Waals surface area (Å²) >= 11 is 1.71. The first-order valence-corrected chi connectivity index (χ1v) is 7.31. The molecule has 4 nitrogen and oxygen atoms in total. The van der Waals surface area contributed by atoms with Gasteiger partial charge in [0.15, 0.2) is 0 Å². The summed E-state index contributed by atoms with van der Waals surface area (Å²) in [6, 6.07) is 9.53. The molecule has 0 aliphatic heterocycles. The number of nitrogens with two attached hydrogens (primary N) is 1. The molecule has 0 amide bonds. The van der Waals surface area contributed by atoms with Gasteiger partial charge in [0, 0.05) is 4.88 Å². The van der Waals surface area contributed by atoms with Crippen molar-refractivity contribution in [2.24, 2.45) is 0 Å². The van der Waals surface area contributed by atoms with Crippen LogP contribution < -0.4 is 11.1 Å². The molecule has 0 radical (unpaired) electrons. The fourth-order valence-electron chi connectivity index (χ4n) is 1.99. The smallest absolute Gasteiger partial charge is 0.337 e. The van der Waals surface area contributed by atoms with Gasteiger partial charge >= 0.3 is 5.97 Å². The predicted octanol–water partition coefficient (Wildman–Crippen LogP) is 3.68. The first-order valence-electron chi connectivity index (χ1n) is 6.43. The summed E-state index contributed by atoms with van der Waals surface area (Å²) in [6.45, 7) is 2.12. The number of carbonyl (C=O) groups is 1. The Morgan fingerprint density at radius 2 is 2.25 bits per heavy atom. The number of hydrogen-bond donors (Lipinski definition) is 2. The highest BCUT2D eigenvalue weighted by Crippen LogP contribution is 2.29. The fourth-order valence-corrected chi connectivity index (χ4v) is 2.85. The lowest BCUT2D eigenvalue weighted by atomic mass is 10.1. The molecule has 3 N–H and O–H groups in total. The van der Waals surface area contributed by atoms with Gasteiger partial charge in [0.2, 0.25) is 0 Å². The number of anilines is 2. The van der Waals surface area contributed by atoms with Crippen LogP contribution in [0.1, 0.15) is 34.6 Å². The normalized spacial score (nSPS) is 11.9. The van der Waals surface area contributed by atoms with Crippen molar-refractivity contribution in [2.75, 3.05) is 18.2 Å². The van der Waals surface area contributed by atoms with Crippen LogP contribution in [0.2, 0.25) is 0 Å². The number of nitrogens with one attached hydrogen (secondary N) is 1. The topological polar surface area (TPSA) is 64.3 Å². The third-order valence-corrected chi connectivity index (χ3v) is 4.08. The first-order chi connectivity index (χ1) is 9.65. The molecule has 5 heteroatoms. The van der Waals surface area contributed by atoms with Gasteiger partial charge in [-0.05, 0) is 36.1 Å². The molecule has 0 saturated heterocycles. The van der Waals surface area contributed by atoms with Crippen LogP contribution in [0.3, 0.4) is 0 Å². The summed E-state index contributed by atoms with van der Waals surface area (Å²) in [5.41, 5.74) is 7.84. The number of carbonyl (C=O) groups excluding carboxylic acids is 1. The van der Waals surface area contributed by atoms with Crippen LogP contribution >= 0.6 is 11.3 Å². The van der Waals surface area contributed by atoms with E-state index in [-0.39, 0.29) is 12.0 Å². The zero-order valence-electron chi connectivity index (χ0n) is 11.6. The SMILES string of the molecule is CCC(Nc1ccc(C(=O)OC)cc1N)c1cccs1. The molecule has 20 heavy (non-hydrogen) atoms. The Balaban J connectivity index is 2.19. The van der Waals surface area contributed by atoms with Crippen molar-refractivity contribution in [3.8, 4) is 0 Å². The number of hydrogen-bond acceptors (Lipinski definition) is 5. The summed E-state index contributed by atoms with van der Waals surface area (Å²) in [4.78, 5) is 12.7. The van der Waals surface area contributed by atoms with Gasteiger partial charge in [-0.3, -0.25) is 0 Å². The van der Waals surface area contributed by atoms with Gasteiger partial charge in [0.05, 0.1) is 30.1 Å². The van der Waals surface area contributed by atoms with E-state index in [4.69, 9.17) is 5.73 Å². The van der Waals surface area contributed by atoms with E-state index in [1.54, 1.807) is 23.5 Å². The second kappa shape index (κ2) is 6.43. The highest BCUT2D eigenvalue weighted by Gasteiger charge is 2.13. The predicted molar refractivity (Wildman–Crippen MR) is 83.2 cm³/mol. The van der Waals surface area contributed by atoms with E-state index >= 15 is 0 Å². The quantitative estimate of drug-likeness (QED) is 0.651. The van der Waals surface area contributed by atoms with Gasteiger partial charge in [-0.25, -0.2) is 4.79 Å². The van der Waals surface area contributed by atoms with Crippen molar-refractivity contribution in [3.63, 3.8) is 0 Å². The van der Waals surface area contributed by atoms with Crippen LogP contribution in [0, 0.1) is 0 Å².